The number of hydrogen-bond acceptors (Lipinski definition) is 4. The van der Waals surface area contributed by atoms with Gasteiger partial charge in [0, 0.05) is 34.2 Å². The first-order valence-corrected chi connectivity index (χ1v) is 7.84. The van der Waals surface area contributed by atoms with E-state index < -0.39 is 0 Å². The van der Waals surface area contributed by atoms with E-state index in [4.69, 9.17) is 0 Å². The van der Waals surface area contributed by atoms with E-state index >= 15 is 0 Å². The van der Waals surface area contributed by atoms with E-state index in [-0.39, 0.29) is 28.4 Å². The van der Waals surface area contributed by atoms with Crippen LogP contribution in [0.25, 0.3) is 0 Å². The zero-order valence-electron chi connectivity index (χ0n) is 11.5. The highest BCUT2D eigenvalue weighted by Crippen LogP contribution is 2.12. The van der Waals surface area contributed by atoms with Gasteiger partial charge in [-0.15, -0.1) is 0 Å². The first kappa shape index (κ1) is 15.7. The van der Waals surface area contributed by atoms with E-state index in [0.717, 1.165) is 10.6 Å². The van der Waals surface area contributed by atoms with E-state index in [2.05, 4.69) is 26.2 Å². The van der Waals surface area contributed by atoms with Gasteiger partial charge < -0.3 is 14.9 Å². The number of thiazole rings is 1. The number of nitrogens with zero attached hydrogens (tertiary/aromatic N) is 1. The van der Waals surface area contributed by atoms with Gasteiger partial charge in [-0.3, -0.25) is 14.4 Å². The third-order valence-electron chi connectivity index (χ3n) is 3.08. The molecule has 0 saturated carbocycles. The van der Waals surface area contributed by atoms with Gasteiger partial charge in [0.2, 0.25) is 5.91 Å². The number of aromatic nitrogens is 2. The number of nitrogens with one attached hydrogen (secondary N) is 2. The van der Waals surface area contributed by atoms with Gasteiger partial charge in [0.05, 0.1) is 0 Å². The summed E-state index contributed by atoms with van der Waals surface area (Å²) in [7, 11) is 0. The number of halogens is 1. The Labute approximate surface area is 133 Å². The molecule has 2 N–H and O–H groups in total. The van der Waals surface area contributed by atoms with Crippen LogP contribution in [-0.2, 0) is 11.3 Å². The lowest BCUT2D eigenvalue weighted by molar-refractivity contribution is -0.116. The first-order valence-electron chi connectivity index (χ1n) is 6.23. The van der Waals surface area contributed by atoms with Crippen molar-refractivity contribution >= 4 is 38.9 Å². The van der Waals surface area contributed by atoms with Crippen molar-refractivity contribution in [1.29, 1.82) is 0 Å². The second kappa shape index (κ2) is 6.40. The van der Waals surface area contributed by atoms with Crippen molar-refractivity contribution in [3.8, 4) is 0 Å². The number of hydrogen-bond donors (Lipinski definition) is 2. The molecule has 21 heavy (non-hydrogen) atoms. The van der Waals surface area contributed by atoms with Crippen LogP contribution in [0.1, 0.15) is 17.0 Å². The van der Waals surface area contributed by atoms with Gasteiger partial charge in [0.1, 0.15) is 5.69 Å². The third-order valence-corrected chi connectivity index (χ3v) is 4.53. The molecule has 2 rings (SSSR count). The van der Waals surface area contributed by atoms with Crippen molar-refractivity contribution in [2.75, 3.05) is 5.32 Å². The summed E-state index contributed by atoms with van der Waals surface area (Å²) in [5.41, 5.74) is 0.685. The van der Waals surface area contributed by atoms with E-state index in [1.807, 2.05) is 13.8 Å². The predicted octanol–water partition coefficient (Wildman–Crippen LogP) is 2.01. The van der Waals surface area contributed by atoms with E-state index in [0.29, 0.717) is 11.0 Å². The largest absolute Gasteiger partial charge is 0.326 e. The second-order valence-corrected chi connectivity index (χ2v) is 6.60. The smallest absolute Gasteiger partial charge is 0.307 e. The molecular weight excluding hydrogens is 358 g/mol. The number of anilines is 1. The third kappa shape index (κ3) is 3.70. The second-order valence-electron chi connectivity index (χ2n) is 4.52. The number of aryl methyl sites for hydroxylation is 1. The monoisotopic (exact) mass is 371 g/mol. The van der Waals surface area contributed by atoms with Crippen molar-refractivity contribution in [3.63, 3.8) is 0 Å². The number of carbonyl (C=O) groups excluding carboxylic acids is 1. The van der Waals surface area contributed by atoms with Crippen molar-refractivity contribution in [2.45, 2.75) is 26.8 Å². The minimum absolute atomic E-state index is 0.0712. The molecule has 8 heteroatoms. The molecule has 2 aromatic rings. The van der Waals surface area contributed by atoms with Crippen LogP contribution in [0, 0.1) is 13.8 Å². The fraction of sp³-hybridized carbons (Fsp3) is 0.308. The first-order chi connectivity index (χ1) is 9.88. The Morgan fingerprint density at radius 1 is 1.43 bits per heavy atom. The zero-order chi connectivity index (χ0) is 15.6. The van der Waals surface area contributed by atoms with Gasteiger partial charge in [-0.2, -0.15) is 0 Å². The molecule has 0 fully saturated rings. The quantitative estimate of drug-likeness (QED) is 0.861. The molecule has 6 nitrogen and oxygen atoms in total. The number of aromatic amines is 1. The molecule has 0 atom stereocenters. The van der Waals surface area contributed by atoms with Crippen molar-refractivity contribution in [2.24, 2.45) is 0 Å². The minimum atomic E-state index is -0.369. The molecule has 1 amide bonds. The van der Waals surface area contributed by atoms with Crippen LogP contribution >= 0.6 is 27.3 Å². The average molecular weight is 372 g/mol. The maximum Gasteiger partial charge on any atom is 0.307 e. The molecule has 0 saturated heterocycles. The zero-order valence-corrected chi connectivity index (χ0v) is 13.9. The van der Waals surface area contributed by atoms with Gasteiger partial charge in [0.25, 0.3) is 5.56 Å². The molecule has 0 radical (unpaired) electrons. The highest BCUT2D eigenvalue weighted by atomic mass is 79.9. The van der Waals surface area contributed by atoms with Crippen LogP contribution < -0.4 is 15.7 Å². The minimum Gasteiger partial charge on any atom is -0.326 e. The lowest BCUT2D eigenvalue weighted by Crippen LogP contribution is -2.23. The van der Waals surface area contributed by atoms with Gasteiger partial charge >= 0.3 is 4.87 Å². The summed E-state index contributed by atoms with van der Waals surface area (Å²) < 4.78 is 2.24. The molecule has 112 valence electrons. The highest BCUT2D eigenvalue weighted by Gasteiger charge is 2.11. The molecule has 0 aromatic carbocycles. The number of rotatable bonds is 4. The van der Waals surface area contributed by atoms with E-state index in [1.165, 1.54) is 23.6 Å². The SMILES string of the molecule is Cc1sc(=O)n(CCC(=O)Nc2cc(Br)c[nH]c2=O)c1C. The summed E-state index contributed by atoms with van der Waals surface area (Å²) in [6.07, 6.45) is 1.62. The Hall–Kier alpha value is -1.67. The summed E-state index contributed by atoms with van der Waals surface area (Å²) in [4.78, 5) is 38.5. The molecule has 2 heterocycles. The average Bonchev–Trinajstić information content (AvgIpc) is 2.66. The molecule has 0 aliphatic carbocycles. The van der Waals surface area contributed by atoms with Crippen molar-refractivity contribution in [3.05, 3.63) is 47.3 Å². The molecule has 0 aliphatic rings. The fourth-order valence-electron chi connectivity index (χ4n) is 1.82. The Kier molecular flexibility index (Phi) is 4.79. The normalized spacial score (nSPS) is 10.6. The van der Waals surface area contributed by atoms with Gasteiger partial charge in [-0.25, -0.2) is 0 Å². The lowest BCUT2D eigenvalue weighted by atomic mass is 10.3. The van der Waals surface area contributed by atoms with Gasteiger partial charge in [-0.1, -0.05) is 11.3 Å². The lowest BCUT2D eigenvalue weighted by Gasteiger charge is -2.06. The van der Waals surface area contributed by atoms with Crippen LogP contribution in [0.3, 0.4) is 0 Å². The highest BCUT2D eigenvalue weighted by molar-refractivity contribution is 9.10. The Morgan fingerprint density at radius 3 is 2.76 bits per heavy atom. The predicted molar refractivity (Wildman–Crippen MR) is 86.1 cm³/mol. The maximum absolute atomic E-state index is 11.9. The number of H-pyrrole nitrogens is 1. The number of amides is 1. The van der Waals surface area contributed by atoms with Crippen LogP contribution in [0.4, 0.5) is 5.69 Å². The van der Waals surface area contributed by atoms with E-state index in [9.17, 15) is 14.4 Å². The van der Waals surface area contributed by atoms with E-state index in [1.54, 1.807) is 4.57 Å². The molecule has 0 aliphatic heterocycles. The molecule has 0 bridgehead atoms. The number of carbonyl (C=O) groups is 1. The molecular formula is C13H14BrN3O3S. The van der Waals surface area contributed by atoms with Crippen molar-refractivity contribution < 1.29 is 4.79 Å². The Bertz CT molecular complexity index is 791. The molecule has 2 aromatic heterocycles. The molecule has 0 spiro atoms. The van der Waals surface area contributed by atoms with Gasteiger partial charge in [-0.05, 0) is 35.8 Å². The van der Waals surface area contributed by atoms with Crippen LogP contribution in [-0.4, -0.2) is 15.5 Å². The standard InChI is InChI=1S/C13H14BrN3O3S/c1-7-8(2)21-13(20)17(7)4-3-11(18)16-10-5-9(14)6-15-12(10)19/h5-6H,3-4H2,1-2H3,(H,15,19)(H,16,18). The van der Waals surface area contributed by atoms with Crippen LogP contribution in [0.15, 0.2) is 26.3 Å². The van der Waals surface area contributed by atoms with Crippen molar-refractivity contribution in [1.82, 2.24) is 9.55 Å². The summed E-state index contributed by atoms with van der Waals surface area (Å²) in [5, 5.41) is 2.54. The number of pyridine rings is 1. The van der Waals surface area contributed by atoms with Gasteiger partial charge in [0.15, 0.2) is 0 Å². The van der Waals surface area contributed by atoms with Crippen LogP contribution in [0.5, 0.6) is 0 Å². The Morgan fingerprint density at radius 2 is 2.14 bits per heavy atom. The topological polar surface area (TPSA) is 84.0 Å². The van der Waals surface area contributed by atoms with Crippen LogP contribution in [0.2, 0.25) is 0 Å². The maximum atomic E-state index is 11.9. The Balaban J connectivity index is 2.04. The fourth-order valence-corrected chi connectivity index (χ4v) is 3.02. The summed E-state index contributed by atoms with van der Waals surface area (Å²) in [6, 6.07) is 1.53. The summed E-state index contributed by atoms with van der Waals surface area (Å²) >= 11 is 4.39. The summed E-state index contributed by atoms with van der Waals surface area (Å²) in [5.74, 6) is -0.311. The summed E-state index contributed by atoms with van der Waals surface area (Å²) in [6.45, 7) is 4.02. The molecule has 0 unspecified atom stereocenters.